The lowest BCUT2D eigenvalue weighted by atomic mass is 9.95. The van der Waals surface area contributed by atoms with Crippen LogP contribution in [0, 0.1) is 11.3 Å². The predicted molar refractivity (Wildman–Crippen MR) is 74.0 cm³/mol. The first-order chi connectivity index (χ1) is 9.20. The van der Waals surface area contributed by atoms with E-state index in [1.54, 1.807) is 6.08 Å². The highest BCUT2D eigenvalue weighted by Gasteiger charge is 2.18. The van der Waals surface area contributed by atoms with Crippen molar-refractivity contribution in [3.63, 3.8) is 0 Å². The van der Waals surface area contributed by atoms with Crippen LogP contribution in [0.25, 0.3) is 6.08 Å². The summed E-state index contributed by atoms with van der Waals surface area (Å²) >= 11 is 0. The molecule has 4 nitrogen and oxygen atoms in total. The molecular formula is C15H19N3O. The molecule has 19 heavy (non-hydrogen) atoms. The average Bonchev–Trinajstić information content (AvgIpc) is 2.82. The smallest absolute Gasteiger partial charge is 0.262 e. The molecule has 0 aromatic carbocycles. The summed E-state index contributed by atoms with van der Waals surface area (Å²) in [5.74, 6) is -0.254. The van der Waals surface area contributed by atoms with Gasteiger partial charge in [-0.25, -0.2) is 0 Å². The second-order valence-corrected chi connectivity index (χ2v) is 5.02. The van der Waals surface area contributed by atoms with Crippen LogP contribution in [-0.4, -0.2) is 16.5 Å². The van der Waals surface area contributed by atoms with Crippen LogP contribution in [0.1, 0.15) is 37.8 Å². The fourth-order valence-electron chi connectivity index (χ4n) is 2.43. The number of hydrogen-bond donors (Lipinski definition) is 1. The van der Waals surface area contributed by atoms with Gasteiger partial charge in [-0.1, -0.05) is 19.3 Å². The number of nitrogens with one attached hydrogen (secondary N) is 1. The first-order valence-electron chi connectivity index (χ1n) is 6.74. The molecule has 0 radical (unpaired) electrons. The van der Waals surface area contributed by atoms with Crippen LogP contribution in [0.5, 0.6) is 0 Å². The molecule has 1 aromatic rings. The van der Waals surface area contributed by atoms with Gasteiger partial charge in [0.25, 0.3) is 5.91 Å². The summed E-state index contributed by atoms with van der Waals surface area (Å²) in [5, 5.41) is 12.1. The zero-order valence-electron chi connectivity index (χ0n) is 11.2. The van der Waals surface area contributed by atoms with Crippen LogP contribution in [-0.2, 0) is 11.8 Å². The fraction of sp³-hybridized carbons (Fsp3) is 0.467. The highest BCUT2D eigenvalue weighted by Crippen LogP contribution is 2.18. The summed E-state index contributed by atoms with van der Waals surface area (Å²) in [5.41, 5.74) is 1.03. The highest BCUT2D eigenvalue weighted by atomic mass is 16.1. The van der Waals surface area contributed by atoms with Gasteiger partial charge < -0.3 is 9.88 Å². The van der Waals surface area contributed by atoms with Gasteiger partial charge in [0, 0.05) is 25.0 Å². The van der Waals surface area contributed by atoms with Crippen LogP contribution in [0.15, 0.2) is 23.9 Å². The van der Waals surface area contributed by atoms with E-state index in [9.17, 15) is 4.79 Å². The molecule has 0 aliphatic heterocycles. The zero-order valence-corrected chi connectivity index (χ0v) is 11.2. The van der Waals surface area contributed by atoms with E-state index in [4.69, 9.17) is 5.26 Å². The molecule has 1 saturated carbocycles. The maximum absolute atomic E-state index is 12.1. The van der Waals surface area contributed by atoms with Gasteiger partial charge in [0.15, 0.2) is 0 Å². The third-order valence-corrected chi connectivity index (χ3v) is 3.58. The molecule has 1 aromatic heterocycles. The van der Waals surface area contributed by atoms with Crippen molar-refractivity contribution in [1.29, 1.82) is 5.26 Å². The molecule has 1 fully saturated rings. The summed E-state index contributed by atoms with van der Waals surface area (Å²) in [6, 6.07) is 5.99. The number of carbonyl (C=O) groups excluding carboxylic acids is 1. The maximum Gasteiger partial charge on any atom is 0.262 e. The quantitative estimate of drug-likeness (QED) is 0.667. The first-order valence-corrected chi connectivity index (χ1v) is 6.74. The molecule has 2 rings (SSSR count). The molecule has 0 saturated heterocycles. The van der Waals surface area contributed by atoms with Gasteiger partial charge in [-0.05, 0) is 31.1 Å². The van der Waals surface area contributed by atoms with E-state index in [2.05, 4.69) is 5.32 Å². The Morgan fingerprint density at radius 2 is 2.21 bits per heavy atom. The SMILES string of the molecule is Cn1cccc1/C=C(/C#N)C(=O)NC1CCCCC1. The van der Waals surface area contributed by atoms with Gasteiger partial charge in [0.1, 0.15) is 11.6 Å². The minimum Gasteiger partial charge on any atom is -0.351 e. The van der Waals surface area contributed by atoms with E-state index in [1.807, 2.05) is 36.0 Å². The average molecular weight is 257 g/mol. The van der Waals surface area contributed by atoms with E-state index in [0.717, 1.165) is 31.4 Å². The van der Waals surface area contributed by atoms with Gasteiger partial charge >= 0.3 is 0 Å². The Bertz CT molecular complexity index is 516. The maximum atomic E-state index is 12.1. The van der Waals surface area contributed by atoms with Crippen molar-refractivity contribution in [2.75, 3.05) is 0 Å². The standard InChI is InChI=1S/C15H19N3O/c1-18-9-5-8-14(18)10-12(11-16)15(19)17-13-6-3-2-4-7-13/h5,8-10,13H,2-4,6-7H2,1H3,(H,17,19)/b12-10-. The molecule has 4 heteroatoms. The minimum atomic E-state index is -0.254. The summed E-state index contributed by atoms with van der Waals surface area (Å²) in [7, 11) is 1.89. The fourth-order valence-corrected chi connectivity index (χ4v) is 2.43. The Balaban J connectivity index is 2.05. The number of amides is 1. The van der Waals surface area contributed by atoms with E-state index < -0.39 is 0 Å². The number of rotatable bonds is 3. The molecule has 1 heterocycles. The van der Waals surface area contributed by atoms with E-state index >= 15 is 0 Å². The van der Waals surface area contributed by atoms with Crippen molar-refractivity contribution < 1.29 is 4.79 Å². The molecule has 100 valence electrons. The van der Waals surface area contributed by atoms with Crippen LogP contribution in [0.4, 0.5) is 0 Å². The largest absolute Gasteiger partial charge is 0.351 e. The summed E-state index contributed by atoms with van der Waals surface area (Å²) in [6.07, 6.45) is 9.14. The highest BCUT2D eigenvalue weighted by molar-refractivity contribution is 6.01. The van der Waals surface area contributed by atoms with Gasteiger partial charge in [0.2, 0.25) is 0 Å². The van der Waals surface area contributed by atoms with Gasteiger partial charge in [-0.3, -0.25) is 4.79 Å². The van der Waals surface area contributed by atoms with Gasteiger partial charge in [-0.2, -0.15) is 5.26 Å². The van der Waals surface area contributed by atoms with Crippen LogP contribution >= 0.6 is 0 Å². The molecule has 1 amide bonds. The Morgan fingerprint density at radius 1 is 1.47 bits per heavy atom. The van der Waals surface area contributed by atoms with Crippen molar-refractivity contribution in [3.8, 4) is 6.07 Å². The van der Waals surface area contributed by atoms with Crippen molar-refractivity contribution in [3.05, 3.63) is 29.6 Å². The molecule has 0 unspecified atom stereocenters. The number of nitrogens with zero attached hydrogens (tertiary/aromatic N) is 2. The van der Waals surface area contributed by atoms with Crippen LogP contribution in [0.3, 0.4) is 0 Å². The van der Waals surface area contributed by atoms with Gasteiger partial charge in [-0.15, -0.1) is 0 Å². The Hall–Kier alpha value is -2.02. The number of carbonyl (C=O) groups is 1. The Labute approximate surface area is 113 Å². The second-order valence-electron chi connectivity index (χ2n) is 5.02. The summed E-state index contributed by atoms with van der Waals surface area (Å²) in [4.78, 5) is 12.1. The van der Waals surface area contributed by atoms with E-state index in [0.29, 0.717) is 0 Å². The van der Waals surface area contributed by atoms with Crippen LogP contribution < -0.4 is 5.32 Å². The second kappa shape index (κ2) is 6.24. The molecule has 1 aliphatic rings. The minimum absolute atomic E-state index is 0.173. The van der Waals surface area contributed by atoms with Gasteiger partial charge in [0.05, 0.1) is 0 Å². The number of nitriles is 1. The number of aryl methyl sites for hydroxylation is 1. The third-order valence-electron chi connectivity index (χ3n) is 3.58. The topological polar surface area (TPSA) is 57.8 Å². The lowest BCUT2D eigenvalue weighted by molar-refractivity contribution is -0.117. The molecule has 0 atom stereocenters. The summed E-state index contributed by atoms with van der Waals surface area (Å²) < 4.78 is 1.88. The Kier molecular flexibility index (Phi) is 4.40. The molecule has 1 aliphatic carbocycles. The zero-order chi connectivity index (χ0) is 13.7. The predicted octanol–water partition coefficient (Wildman–Crippen LogP) is 2.38. The molecule has 1 N–H and O–H groups in total. The summed E-state index contributed by atoms with van der Waals surface area (Å²) in [6.45, 7) is 0. The van der Waals surface area contributed by atoms with E-state index in [1.165, 1.54) is 6.42 Å². The van der Waals surface area contributed by atoms with Crippen molar-refractivity contribution in [2.24, 2.45) is 7.05 Å². The first kappa shape index (κ1) is 13.4. The molecule has 0 spiro atoms. The van der Waals surface area contributed by atoms with Crippen LogP contribution in [0.2, 0.25) is 0 Å². The van der Waals surface area contributed by atoms with E-state index in [-0.39, 0.29) is 17.5 Å². The molecular weight excluding hydrogens is 238 g/mol. The number of hydrogen-bond acceptors (Lipinski definition) is 2. The monoisotopic (exact) mass is 257 g/mol. The number of aromatic nitrogens is 1. The lowest BCUT2D eigenvalue weighted by Gasteiger charge is -2.22. The molecule has 0 bridgehead atoms. The lowest BCUT2D eigenvalue weighted by Crippen LogP contribution is -2.36. The van der Waals surface area contributed by atoms with Crippen molar-refractivity contribution in [1.82, 2.24) is 9.88 Å². The third kappa shape index (κ3) is 3.47. The Morgan fingerprint density at radius 3 is 2.79 bits per heavy atom. The normalized spacial score (nSPS) is 16.9. The van der Waals surface area contributed by atoms with Crippen molar-refractivity contribution in [2.45, 2.75) is 38.1 Å². The van der Waals surface area contributed by atoms with Crippen molar-refractivity contribution >= 4 is 12.0 Å².